The van der Waals surface area contributed by atoms with Crippen molar-refractivity contribution in [1.29, 1.82) is 0 Å². The maximum atomic E-state index is 13.5. The summed E-state index contributed by atoms with van der Waals surface area (Å²) in [6, 6.07) is 8.57. The van der Waals surface area contributed by atoms with E-state index in [4.69, 9.17) is 0 Å². The zero-order valence-electron chi connectivity index (χ0n) is 14.5. The molecule has 1 aliphatic rings. The number of carbonyl (C=O) groups is 3. The SMILES string of the molecule is O=C(NCCCN1C(=O)c2ccc([N+](=O)[O-])cc2C1=O)Nc1ccccc1F. The highest BCUT2D eigenvalue weighted by molar-refractivity contribution is 6.21. The quantitative estimate of drug-likeness (QED) is 0.342. The Bertz CT molecular complexity index is 978. The molecule has 2 aromatic rings. The molecule has 0 aliphatic carbocycles. The fourth-order valence-corrected chi connectivity index (χ4v) is 2.76. The van der Waals surface area contributed by atoms with E-state index in [1.165, 1.54) is 30.3 Å². The highest BCUT2D eigenvalue weighted by Crippen LogP contribution is 2.26. The van der Waals surface area contributed by atoms with Crippen LogP contribution in [0.5, 0.6) is 0 Å². The zero-order valence-corrected chi connectivity index (χ0v) is 14.5. The second-order valence-electron chi connectivity index (χ2n) is 5.96. The Hall–Kier alpha value is -3.82. The van der Waals surface area contributed by atoms with Gasteiger partial charge in [-0.05, 0) is 24.6 Å². The first kappa shape index (κ1) is 19.0. The van der Waals surface area contributed by atoms with Gasteiger partial charge in [0.25, 0.3) is 17.5 Å². The number of para-hydroxylation sites is 1. The number of hydrogen-bond acceptors (Lipinski definition) is 5. The number of nitrogens with zero attached hydrogens (tertiary/aromatic N) is 2. The van der Waals surface area contributed by atoms with E-state index in [1.54, 1.807) is 6.07 Å². The molecule has 9 nitrogen and oxygen atoms in total. The number of non-ortho nitro benzene ring substituents is 1. The van der Waals surface area contributed by atoms with Gasteiger partial charge in [0.15, 0.2) is 0 Å². The van der Waals surface area contributed by atoms with Gasteiger partial charge in [-0.2, -0.15) is 0 Å². The van der Waals surface area contributed by atoms with Gasteiger partial charge in [-0.15, -0.1) is 0 Å². The lowest BCUT2D eigenvalue weighted by Crippen LogP contribution is -2.35. The van der Waals surface area contributed by atoms with Crippen LogP contribution in [0.4, 0.5) is 20.6 Å². The van der Waals surface area contributed by atoms with Crippen LogP contribution in [-0.2, 0) is 0 Å². The van der Waals surface area contributed by atoms with Gasteiger partial charge in [0, 0.05) is 25.2 Å². The molecule has 0 saturated carbocycles. The third kappa shape index (κ3) is 3.80. The van der Waals surface area contributed by atoms with Gasteiger partial charge in [-0.25, -0.2) is 9.18 Å². The van der Waals surface area contributed by atoms with Gasteiger partial charge >= 0.3 is 6.03 Å². The molecule has 144 valence electrons. The molecule has 4 amide bonds. The number of amides is 4. The van der Waals surface area contributed by atoms with Crippen LogP contribution in [0.2, 0.25) is 0 Å². The summed E-state index contributed by atoms with van der Waals surface area (Å²) in [5.41, 5.74) is -0.138. The first-order valence-corrected chi connectivity index (χ1v) is 8.32. The van der Waals surface area contributed by atoms with Crippen molar-refractivity contribution in [3.05, 3.63) is 69.5 Å². The number of halogens is 1. The van der Waals surface area contributed by atoms with E-state index < -0.39 is 28.6 Å². The Morgan fingerprint density at radius 2 is 1.82 bits per heavy atom. The summed E-state index contributed by atoms with van der Waals surface area (Å²) in [4.78, 5) is 47.5. The summed E-state index contributed by atoms with van der Waals surface area (Å²) in [5, 5.41) is 15.7. The lowest BCUT2D eigenvalue weighted by Gasteiger charge is -2.14. The first-order valence-electron chi connectivity index (χ1n) is 8.32. The van der Waals surface area contributed by atoms with Crippen molar-refractivity contribution in [3.8, 4) is 0 Å². The van der Waals surface area contributed by atoms with Crippen molar-refractivity contribution >= 4 is 29.2 Å². The van der Waals surface area contributed by atoms with E-state index in [-0.39, 0.29) is 42.0 Å². The highest BCUT2D eigenvalue weighted by atomic mass is 19.1. The first-order chi connectivity index (χ1) is 13.4. The minimum atomic E-state index is -0.640. The molecular weight excluding hydrogens is 371 g/mol. The number of imide groups is 1. The molecule has 2 aromatic carbocycles. The molecule has 10 heteroatoms. The van der Waals surface area contributed by atoms with Gasteiger partial charge in [-0.3, -0.25) is 24.6 Å². The molecule has 0 radical (unpaired) electrons. The predicted molar refractivity (Wildman–Crippen MR) is 96.5 cm³/mol. The number of carbonyl (C=O) groups excluding carboxylic acids is 3. The molecule has 0 aromatic heterocycles. The molecule has 0 atom stereocenters. The Labute approximate surface area is 158 Å². The Morgan fingerprint density at radius 3 is 2.54 bits per heavy atom. The number of rotatable bonds is 6. The van der Waals surface area contributed by atoms with Crippen LogP contribution in [-0.4, -0.2) is 40.8 Å². The van der Waals surface area contributed by atoms with Crippen LogP contribution in [0.25, 0.3) is 0 Å². The van der Waals surface area contributed by atoms with Crippen molar-refractivity contribution in [3.63, 3.8) is 0 Å². The van der Waals surface area contributed by atoms with Crippen LogP contribution in [0.15, 0.2) is 42.5 Å². The zero-order chi connectivity index (χ0) is 20.3. The molecule has 0 saturated heterocycles. The van der Waals surface area contributed by atoms with E-state index in [9.17, 15) is 28.9 Å². The Morgan fingerprint density at radius 1 is 1.11 bits per heavy atom. The Balaban J connectivity index is 1.52. The molecular formula is C18H15FN4O5. The number of urea groups is 1. The van der Waals surface area contributed by atoms with E-state index in [0.717, 1.165) is 11.0 Å². The summed E-state index contributed by atoms with van der Waals surface area (Å²) in [6.07, 6.45) is 0.262. The minimum absolute atomic E-state index is 0.00976. The molecule has 2 N–H and O–H groups in total. The number of nitro groups is 1. The van der Waals surface area contributed by atoms with Crippen molar-refractivity contribution in [2.75, 3.05) is 18.4 Å². The second kappa shape index (κ2) is 7.82. The van der Waals surface area contributed by atoms with Gasteiger partial charge in [0.05, 0.1) is 21.7 Å². The van der Waals surface area contributed by atoms with Gasteiger partial charge < -0.3 is 10.6 Å². The van der Waals surface area contributed by atoms with Gasteiger partial charge in [0.2, 0.25) is 0 Å². The number of nitro benzene ring substituents is 1. The molecule has 1 heterocycles. The lowest BCUT2D eigenvalue weighted by molar-refractivity contribution is -0.384. The molecule has 3 rings (SSSR count). The normalized spacial score (nSPS) is 12.7. The molecule has 0 unspecified atom stereocenters. The largest absolute Gasteiger partial charge is 0.338 e. The third-order valence-corrected chi connectivity index (χ3v) is 4.13. The third-order valence-electron chi connectivity index (χ3n) is 4.13. The number of anilines is 1. The van der Waals surface area contributed by atoms with Crippen molar-refractivity contribution in [2.45, 2.75) is 6.42 Å². The molecule has 0 fully saturated rings. The second-order valence-corrected chi connectivity index (χ2v) is 5.96. The summed E-state index contributed by atoms with van der Waals surface area (Å²) >= 11 is 0. The highest BCUT2D eigenvalue weighted by Gasteiger charge is 2.36. The number of hydrogen-bond donors (Lipinski definition) is 2. The molecule has 0 bridgehead atoms. The fourth-order valence-electron chi connectivity index (χ4n) is 2.76. The lowest BCUT2D eigenvalue weighted by atomic mass is 10.1. The fraction of sp³-hybridized carbons (Fsp3) is 0.167. The molecule has 28 heavy (non-hydrogen) atoms. The van der Waals surface area contributed by atoms with E-state index >= 15 is 0 Å². The summed E-state index contributed by atoms with van der Waals surface area (Å²) < 4.78 is 13.5. The molecule has 1 aliphatic heterocycles. The average Bonchev–Trinajstić information content (AvgIpc) is 2.91. The van der Waals surface area contributed by atoms with E-state index in [0.29, 0.717) is 0 Å². The van der Waals surface area contributed by atoms with Crippen molar-refractivity contribution in [2.24, 2.45) is 0 Å². The maximum Gasteiger partial charge on any atom is 0.319 e. The Kier molecular flexibility index (Phi) is 5.30. The smallest absolute Gasteiger partial charge is 0.319 e. The maximum absolute atomic E-state index is 13.5. The minimum Gasteiger partial charge on any atom is -0.338 e. The van der Waals surface area contributed by atoms with E-state index in [2.05, 4.69) is 10.6 Å². The van der Waals surface area contributed by atoms with E-state index in [1.807, 2.05) is 0 Å². The van der Waals surface area contributed by atoms with Crippen LogP contribution in [0, 0.1) is 15.9 Å². The van der Waals surface area contributed by atoms with Gasteiger partial charge in [0.1, 0.15) is 5.82 Å². The van der Waals surface area contributed by atoms with Crippen molar-refractivity contribution < 1.29 is 23.7 Å². The number of fused-ring (bicyclic) bond motifs is 1. The number of benzene rings is 2. The van der Waals surface area contributed by atoms with Crippen LogP contribution < -0.4 is 10.6 Å². The van der Waals surface area contributed by atoms with Gasteiger partial charge in [-0.1, -0.05) is 12.1 Å². The van der Waals surface area contributed by atoms with Crippen LogP contribution in [0.1, 0.15) is 27.1 Å². The average molecular weight is 386 g/mol. The summed E-state index contributed by atoms with van der Waals surface area (Å²) in [7, 11) is 0. The van der Waals surface area contributed by atoms with Crippen LogP contribution in [0.3, 0.4) is 0 Å². The summed E-state index contributed by atoms with van der Waals surface area (Å²) in [6.45, 7) is 0.161. The predicted octanol–water partition coefficient (Wildman–Crippen LogP) is 2.54. The number of nitrogens with one attached hydrogen (secondary N) is 2. The van der Waals surface area contributed by atoms with Crippen LogP contribution >= 0.6 is 0 Å². The summed E-state index contributed by atoms with van der Waals surface area (Å²) in [5.74, 6) is -1.72. The topological polar surface area (TPSA) is 122 Å². The monoisotopic (exact) mass is 386 g/mol. The molecule has 0 spiro atoms. The van der Waals surface area contributed by atoms with Crippen molar-refractivity contribution in [1.82, 2.24) is 10.2 Å². The standard InChI is InChI=1S/C18H15FN4O5/c19-14-4-1-2-5-15(14)21-18(26)20-8-3-9-22-16(24)12-7-6-11(23(27)28)10-13(12)17(22)25/h1-2,4-7,10H,3,8-9H2,(H2,20,21,26).